The van der Waals surface area contributed by atoms with Gasteiger partial charge in [0.15, 0.2) is 0 Å². The molecule has 0 amide bonds. The molecule has 2 aromatic rings. The summed E-state index contributed by atoms with van der Waals surface area (Å²) in [5, 5.41) is 0. The Morgan fingerprint density at radius 3 is 1.83 bits per heavy atom. The van der Waals surface area contributed by atoms with Crippen molar-refractivity contribution < 1.29 is 33.3 Å². The molecule has 0 fully saturated rings. The first-order valence-corrected chi connectivity index (χ1v) is 9.20. The summed E-state index contributed by atoms with van der Waals surface area (Å²) in [5.74, 6) is -0.288. The minimum absolute atomic E-state index is 0.316. The van der Waals surface area contributed by atoms with Gasteiger partial charge in [-0.2, -0.15) is 0 Å². The highest BCUT2D eigenvalue weighted by atomic mass is 16.5. The molecule has 0 N–H and O–H groups in total. The summed E-state index contributed by atoms with van der Waals surface area (Å²) >= 11 is 0. The van der Waals surface area contributed by atoms with Crippen LogP contribution in [0, 0.1) is 0 Å². The fourth-order valence-electron chi connectivity index (χ4n) is 2.21. The summed E-state index contributed by atoms with van der Waals surface area (Å²) in [6.07, 6.45) is 3.57. The van der Waals surface area contributed by atoms with Gasteiger partial charge in [-0.3, -0.25) is 0 Å². The van der Waals surface area contributed by atoms with Gasteiger partial charge in [0.1, 0.15) is 17.2 Å². The lowest BCUT2D eigenvalue weighted by atomic mass is 10.2. The number of esters is 3. The maximum absolute atomic E-state index is 12.2. The van der Waals surface area contributed by atoms with Crippen LogP contribution in [0.1, 0.15) is 23.2 Å². The van der Waals surface area contributed by atoms with Crippen LogP contribution in [0.2, 0.25) is 0 Å². The van der Waals surface area contributed by atoms with Gasteiger partial charge in [0.2, 0.25) is 0 Å². The van der Waals surface area contributed by atoms with Gasteiger partial charge in [-0.1, -0.05) is 13.2 Å². The first-order chi connectivity index (χ1) is 14.5. The molecular formula is C23H22O7. The Balaban J connectivity index is 1.76. The molecule has 0 bridgehead atoms. The molecule has 0 aliphatic heterocycles. The highest BCUT2D eigenvalue weighted by molar-refractivity contribution is 5.91. The number of carbonyl (C=O) groups is 3. The van der Waals surface area contributed by atoms with Crippen LogP contribution in [0.15, 0.2) is 73.8 Å². The number of hydrogen-bond donors (Lipinski definition) is 0. The van der Waals surface area contributed by atoms with E-state index < -0.39 is 17.9 Å². The van der Waals surface area contributed by atoms with Gasteiger partial charge < -0.3 is 18.9 Å². The molecule has 0 saturated heterocycles. The lowest BCUT2D eigenvalue weighted by Gasteiger charge is -2.08. The molecule has 0 aromatic heterocycles. The van der Waals surface area contributed by atoms with Crippen molar-refractivity contribution in [1.29, 1.82) is 0 Å². The zero-order chi connectivity index (χ0) is 21.8. The van der Waals surface area contributed by atoms with Crippen molar-refractivity contribution in [3.63, 3.8) is 0 Å². The zero-order valence-corrected chi connectivity index (χ0v) is 16.4. The van der Waals surface area contributed by atoms with Crippen LogP contribution in [0.5, 0.6) is 17.2 Å². The van der Waals surface area contributed by atoms with Gasteiger partial charge >= 0.3 is 17.9 Å². The van der Waals surface area contributed by atoms with Crippen molar-refractivity contribution in [3.05, 3.63) is 79.4 Å². The Labute approximate surface area is 174 Å². The fraction of sp³-hybridized carbons (Fsp3) is 0.174. The Morgan fingerprint density at radius 1 is 0.700 bits per heavy atom. The average Bonchev–Trinajstić information content (AvgIpc) is 2.77. The summed E-state index contributed by atoms with van der Waals surface area (Å²) < 4.78 is 20.7. The van der Waals surface area contributed by atoms with Crippen molar-refractivity contribution in [3.8, 4) is 17.2 Å². The van der Waals surface area contributed by atoms with Gasteiger partial charge in [0.25, 0.3) is 0 Å². The molecule has 0 unspecified atom stereocenters. The highest BCUT2D eigenvalue weighted by Crippen LogP contribution is 2.20. The maximum atomic E-state index is 12.2. The highest BCUT2D eigenvalue weighted by Gasteiger charge is 2.09. The molecule has 0 saturated carbocycles. The third kappa shape index (κ3) is 7.63. The lowest BCUT2D eigenvalue weighted by molar-refractivity contribution is -0.137. The second kappa shape index (κ2) is 11.9. The van der Waals surface area contributed by atoms with E-state index >= 15 is 0 Å². The van der Waals surface area contributed by atoms with Crippen LogP contribution in [-0.2, 0) is 14.3 Å². The molecule has 0 radical (unpaired) electrons. The molecule has 0 heterocycles. The Kier molecular flexibility index (Phi) is 8.86. The van der Waals surface area contributed by atoms with Crippen molar-refractivity contribution in [2.75, 3.05) is 13.2 Å². The smallest absolute Gasteiger partial charge is 0.343 e. The Morgan fingerprint density at radius 2 is 1.23 bits per heavy atom. The first-order valence-electron chi connectivity index (χ1n) is 9.20. The predicted octanol–water partition coefficient (Wildman–Crippen LogP) is 3.89. The summed E-state index contributed by atoms with van der Waals surface area (Å²) in [4.78, 5) is 34.3. The minimum atomic E-state index is -0.571. The second-order valence-electron chi connectivity index (χ2n) is 5.94. The molecule has 156 valence electrons. The van der Waals surface area contributed by atoms with Gasteiger partial charge in [-0.15, -0.1) is 0 Å². The molecule has 2 rings (SSSR count). The summed E-state index contributed by atoms with van der Waals surface area (Å²) in [7, 11) is 0. The van der Waals surface area contributed by atoms with Crippen molar-refractivity contribution in [2.24, 2.45) is 0 Å². The molecular weight excluding hydrogens is 388 g/mol. The number of rotatable bonds is 11. The SMILES string of the molecule is C=CC(=O)OCCCCOc1ccc(C(=O)Oc2ccc(OC(=O)C=C)cc2)cc1. The third-order valence-corrected chi connectivity index (χ3v) is 3.73. The van der Waals surface area contributed by atoms with Crippen molar-refractivity contribution >= 4 is 17.9 Å². The van der Waals surface area contributed by atoms with Crippen LogP contribution in [-0.4, -0.2) is 31.1 Å². The summed E-state index contributed by atoms with van der Waals surface area (Å²) in [6, 6.07) is 12.6. The minimum Gasteiger partial charge on any atom is -0.494 e. The van der Waals surface area contributed by atoms with Crippen LogP contribution in [0.4, 0.5) is 0 Å². The number of benzene rings is 2. The Hall–Kier alpha value is -3.87. The average molecular weight is 410 g/mol. The topological polar surface area (TPSA) is 88.1 Å². The van der Waals surface area contributed by atoms with E-state index in [1.807, 2.05) is 0 Å². The standard InChI is InChI=1S/C23H22O7/c1-3-21(24)28-16-6-5-15-27-18-9-7-17(8-10-18)23(26)30-20-13-11-19(12-14-20)29-22(25)4-2/h3-4,7-14H,1-2,5-6,15-16H2. The molecule has 0 aliphatic carbocycles. The fourth-order valence-corrected chi connectivity index (χ4v) is 2.21. The molecule has 0 aliphatic rings. The van der Waals surface area contributed by atoms with Gasteiger partial charge in [-0.05, 0) is 61.4 Å². The van der Waals surface area contributed by atoms with E-state index in [-0.39, 0.29) is 0 Å². The van der Waals surface area contributed by atoms with Crippen molar-refractivity contribution in [1.82, 2.24) is 0 Å². The monoisotopic (exact) mass is 410 g/mol. The lowest BCUT2D eigenvalue weighted by Crippen LogP contribution is -2.09. The largest absolute Gasteiger partial charge is 0.494 e. The Bertz CT molecular complexity index is 883. The normalized spacial score (nSPS) is 9.87. The van der Waals surface area contributed by atoms with Gasteiger partial charge in [-0.25, -0.2) is 14.4 Å². The number of ether oxygens (including phenoxy) is 4. The zero-order valence-electron chi connectivity index (χ0n) is 16.4. The number of carbonyl (C=O) groups excluding carboxylic acids is 3. The molecule has 7 nitrogen and oxygen atoms in total. The van der Waals surface area contributed by atoms with Gasteiger partial charge in [0, 0.05) is 12.2 Å². The van der Waals surface area contributed by atoms with E-state index in [0.717, 1.165) is 12.2 Å². The second-order valence-corrected chi connectivity index (χ2v) is 5.94. The van der Waals surface area contributed by atoms with E-state index in [9.17, 15) is 14.4 Å². The molecule has 2 aromatic carbocycles. The number of hydrogen-bond acceptors (Lipinski definition) is 7. The van der Waals surface area contributed by atoms with Gasteiger partial charge in [0.05, 0.1) is 18.8 Å². The predicted molar refractivity (Wildman–Crippen MR) is 110 cm³/mol. The molecule has 0 spiro atoms. The van der Waals surface area contributed by atoms with E-state index in [4.69, 9.17) is 18.9 Å². The van der Waals surface area contributed by atoms with E-state index in [0.29, 0.717) is 48.9 Å². The van der Waals surface area contributed by atoms with E-state index in [1.54, 1.807) is 24.3 Å². The molecule has 30 heavy (non-hydrogen) atoms. The van der Waals surface area contributed by atoms with Crippen molar-refractivity contribution in [2.45, 2.75) is 12.8 Å². The number of unbranched alkanes of at least 4 members (excludes halogenated alkanes) is 1. The van der Waals surface area contributed by atoms with Crippen LogP contribution >= 0.6 is 0 Å². The summed E-state index contributed by atoms with van der Waals surface area (Å²) in [5.41, 5.74) is 0.362. The summed E-state index contributed by atoms with van der Waals surface area (Å²) in [6.45, 7) is 7.41. The van der Waals surface area contributed by atoms with E-state index in [1.165, 1.54) is 24.3 Å². The van der Waals surface area contributed by atoms with Crippen LogP contribution < -0.4 is 14.2 Å². The van der Waals surface area contributed by atoms with Crippen LogP contribution in [0.25, 0.3) is 0 Å². The van der Waals surface area contributed by atoms with E-state index in [2.05, 4.69) is 13.2 Å². The third-order valence-electron chi connectivity index (χ3n) is 3.73. The molecule has 7 heteroatoms. The molecule has 0 atom stereocenters. The van der Waals surface area contributed by atoms with Crippen LogP contribution in [0.3, 0.4) is 0 Å². The maximum Gasteiger partial charge on any atom is 0.343 e. The quantitative estimate of drug-likeness (QED) is 0.240. The first kappa shape index (κ1) is 22.4.